The van der Waals surface area contributed by atoms with Crippen molar-refractivity contribution in [2.45, 2.75) is 26.4 Å². The minimum Gasteiger partial charge on any atom is -0.464 e. The Morgan fingerprint density at radius 1 is 1.14 bits per heavy atom. The molecule has 0 atom stereocenters. The van der Waals surface area contributed by atoms with Gasteiger partial charge in [-0.15, -0.1) is 0 Å². The van der Waals surface area contributed by atoms with Gasteiger partial charge in [-0.3, -0.25) is 5.32 Å². The molecular weight excluding hydrogens is 286 g/mol. The number of alkyl carbamates (subject to hydrolysis) is 1. The summed E-state index contributed by atoms with van der Waals surface area (Å²) >= 11 is 0. The van der Waals surface area contributed by atoms with Crippen LogP contribution in [0.2, 0.25) is 0 Å². The molecule has 0 aliphatic heterocycles. The second-order valence-corrected chi connectivity index (χ2v) is 5.61. The van der Waals surface area contributed by atoms with Crippen LogP contribution in [-0.2, 0) is 14.3 Å². The first kappa shape index (κ1) is 17.4. The number of nitrogens with one attached hydrogen (secondary N) is 1. The fraction of sp³-hybridized carbons (Fsp3) is 0.333. The van der Waals surface area contributed by atoms with E-state index in [0.717, 1.165) is 0 Å². The van der Waals surface area contributed by atoms with Gasteiger partial charge in [-0.25, -0.2) is 9.59 Å². The number of carbonyl (C=O) groups is 2. The Balaban J connectivity index is 3.05. The van der Waals surface area contributed by atoms with E-state index in [0.29, 0.717) is 16.9 Å². The number of nitrogen functional groups attached to an aromatic ring is 2. The van der Waals surface area contributed by atoms with E-state index in [-0.39, 0.29) is 5.70 Å². The van der Waals surface area contributed by atoms with Gasteiger partial charge in [0, 0.05) is 11.4 Å². The van der Waals surface area contributed by atoms with E-state index in [9.17, 15) is 9.59 Å². The molecule has 7 nitrogen and oxygen atoms in total. The van der Waals surface area contributed by atoms with Gasteiger partial charge in [0.05, 0.1) is 7.11 Å². The third-order valence-corrected chi connectivity index (χ3v) is 2.35. The normalized spacial score (nSPS) is 11.7. The van der Waals surface area contributed by atoms with Crippen LogP contribution in [0.15, 0.2) is 23.9 Å². The first-order valence-corrected chi connectivity index (χ1v) is 6.57. The van der Waals surface area contributed by atoms with Crippen molar-refractivity contribution in [3.63, 3.8) is 0 Å². The molecule has 1 aromatic rings. The minimum absolute atomic E-state index is 0.0817. The molecule has 0 saturated heterocycles. The first-order chi connectivity index (χ1) is 10.1. The number of amides is 1. The lowest BCUT2D eigenvalue weighted by atomic mass is 10.1. The monoisotopic (exact) mass is 307 g/mol. The highest BCUT2D eigenvalue weighted by Crippen LogP contribution is 2.16. The van der Waals surface area contributed by atoms with Crippen LogP contribution < -0.4 is 16.8 Å². The molecule has 1 rings (SSSR count). The van der Waals surface area contributed by atoms with Crippen molar-refractivity contribution >= 4 is 29.5 Å². The van der Waals surface area contributed by atoms with E-state index in [1.165, 1.54) is 13.2 Å². The maximum atomic E-state index is 11.8. The van der Waals surface area contributed by atoms with Gasteiger partial charge < -0.3 is 20.9 Å². The maximum absolute atomic E-state index is 11.8. The lowest BCUT2D eigenvalue weighted by Crippen LogP contribution is -2.34. The van der Waals surface area contributed by atoms with Gasteiger partial charge in [0.25, 0.3) is 0 Å². The summed E-state index contributed by atoms with van der Waals surface area (Å²) in [6, 6.07) is 4.79. The summed E-state index contributed by atoms with van der Waals surface area (Å²) in [7, 11) is 1.21. The summed E-state index contributed by atoms with van der Waals surface area (Å²) in [5.41, 5.74) is 12.0. The number of hydrogen-bond acceptors (Lipinski definition) is 6. The van der Waals surface area contributed by atoms with Crippen molar-refractivity contribution in [3.05, 3.63) is 29.5 Å². The number of esters is 1. The second kappa shape index (κ2) is 6.84. The van der Waals surface area contributed by atoms with Crippen molar-refractivity contribution in [1.29, 1.82) is 0 Å². The van der Waals surface area contributed by atoms with Gasteiger partial charge in [-0.05, 0) is 50.6 Å². The molecule has 0 aromatic heterocycles. The molecule has 0 aliphatic rings. The maximum Gasteiger partial charge on any atom is 0.412 e. The van der Waals surface area contributed by atoms with E-state index < -0.39 is 17.7 Å². The molecule has 120 valence electrons. The first-order valence-electron chi connectivity index (χ1n) is 6.57. The Labute approximate surface area is 129 Å². The molecule has 0 fully saturated rings. The van der Waals surface area contributed by atoms with E-state index in [1.807, 2.05) is 0 Å². The average molecular weight is 307 g/mol. The van der Waals surface area contributed by atoms with Crippen molar-refractivity contribution in [3.8, 4) is 0 Å². The highest BCUT2D eigenvalue weighted by Gasteiger charge is 2.20. The van der Waals surface area contributed by atoms with E-state index in [2.05, 4.69) is 10.1 Å². The highest BCUT2D eigenvalue weighted by molar-refractivity contribution is 5.97. The molecule has 0 bridgehead atoms. The SMILES string of the molecule is COC(=O)/C(=C/c1cc(N)cc(N)c1)NC(=O)OC(C)(C)C. The number of ether oxygens (including phenoxy) is 2. The van der Waals surface area contributed by atoms with Crippen LogP contribution in [0.25, 0.3) is 6.08 Å². The number of methoxy groups -OCH3 is 1. The predicted octanol–water partition coefficient (Wildman–Crippen LogP) is 1.89. The summed E-state index contributed by atoms with van der Waals surface area (Å²) in [5, 5.41) is 2.36. The lowest BCUT2D eigenvalue weighted by molar-refractivity contribution is -0.136. The third kappa shape index (κ3) is 5.74. The summed E-state index contributed by atoms with van der Waals surface area (Å²) in [5.74, 6) is -0.716. The average Bonchev–Trinajstić information content (AvgIpc) is 2.33. The van der Waals surface area contributed by atoms with Crippen molar-refractivity contribution in [1.82, 2.24) is 5.32 Å². The van der Waals surface area contributed by atoms with Crippen LogP contribution in [0.5, 0.6) is 0 Å². The topological polar surface area (TPSA) is 117 Å². The van der Waals surface area contributed by atoms with Crippen molar-refractivity contribution in [2.75, 3.05) is 18.6 Å². The van der Waals surface area contributed by atoms with Crippen LogP contribution in [-0.4, -0.2) is 24.8 Å². The molecule has 7 heteroatoms. The van der Waals surface area contributed by atoms with Gasteiger partial charge in [-0.1, -0.05) is 0 Å². The zero-order valence-electron chi connectivity index (χ0n) is 13.1. The van der Waals surface area contributed by atoms with Gasteiger partial charge in [-0.2, -0.15) is 0 Å². The van der Waals surface area contributed by atoms with E-state index >= 15 is 0 Å². The third-order valence-electron chi connectivity index (χ3n) is 2.35. The summed E-state index contributed by atoms with van der Waals surface area (Å²) < 4.78 is 9.74. The standard InChI is InChI=1S/C15H21N3O4/c1-15(2,3)22-14(20)18-12(13(19)21-4)7-9-5-10(16)8-11(17)6-9/h5-8H,16-17H2,1-4H3,(H,18,20)/b12-7-. The number of nitrogens with two attached hydrogens (primary N) is 2. The van der Waals surface area contributed by atoms with Gasteiger partial charge in [0.15, 0.2) is 0 Å². The van der Waals surface area contributed by atoms with Crippen LogP contribution >= 0.6 is 0 Å². The molecule has 0 heterocycles. The minimum atomic E-state index is -0.763. The van der Waals surface area contributed by atoms with E-state index in [1.54, 1.807) is 39.0 Å². The molecule has 0 aliphatic carbocycles. The fourth-order valence-electron chi connectivity index (χ4n) is 1.62. The highest BCUT2D eigenvalue weighted by atomic mass is 16.6. The number of hydrogen-bond donors (Lipinski definition) is 3. The number of carbonyl (C=O) groups excluding carboxylic acids is 2. The molecule has 0 unspecified atom stereocenters. The molecule has 1 aromatic carbocycles. The van der Waals surface area contributed by atoms with Crippen molar-refractivity contribution < 1.29 is 19.1 Å². The Bertz CT molecular complexity index is 583. The Kier molecular flexibility index (Phi) is 5.39. The van der Waals surface area contributed by atoms with Crippen LogP contribution in [0.1, 0.15) is 26.3 Å². The van der Waals surface area contributed by atoms with Crippen LogP contribution in [0.3, 0.4) is 0 Å². The second-order valence-electron chi connectivity index (χ2n) is 5.61. The molecule has 22 heavy (non-hydrogen) atoms. The summed E-state index contributed by atoms with van der Waals surface area (Å²) in [6.07, 6.45) is 0.642. The smallest absolute Gasteiger partial charge is 0.412 e. The Hall–Kier alpha value is -2.70. The molecule has 0 spiro atoms. The van der Waals surface area contributed by atoms with E-state index in [4.69, 9.17) is 16.2 Å². The van der Waals surface area contributed by atoms with Gasteiger partial charge in [0.1, 0.15) is 11.3 Å². The summed E-state index contributed by atoms with van der Waals surface area (Å²) in [4.78, 5) is 23.5. The van der Waals surface area contributed by atoms with Gasteiger partial charge in [0.2, 0.25) is 0 Å². The zero-order chi connectivity index (χ0) is 16.9. The van der Waals surface area contributed by atoms with Crippen LogP contribution in [0, 0.1) is 0 Å². The molecule has 0 saturated carbocycles. The molecule has 5 N–H and O–H groups in total. The lowest BCUT2D eigenvalue weighted by Gasteiger charge is -2.20. The number of rotatable bonds is 3. The molecule has 0 radical (unpaired) electrons. The largest absolute Gasteiger partial charge is 0.464 e. The Morgan fingerprint density at radius 2 is 1.68 bits per heavy atom. The van der Waals surface area contributed by atoms with Crippen molar-refractivity contribution in [2.24, 2.45) is 0 Å². The Morgan fingerprint density at radius 3 is 2.14 bits per heavy atom. The zero-order valence-corrected chi connectivity index (χ0v) is 13.1. The van der Waals surface area contributed by atoms with Gasteiger partial charge >= 0.3 is 12.1 Å². The van der Waals surface area contributed by atoms with Crippen LogP contribution in [0.4, 0.5) is 16.2 Å². The molecule has 1 amide bonds. The quantitative estimate of drug-likeness (QED) is 0.446. The molecular formula is C15H21N3O4. The summed E-state index contributed by atoms with van der Waals surface area (Å²) in [6.45, 7) is 5.14. The predicted molar refractivity (Wildman–Crippen MR) is 84.6 cm³/mol. The fourth-order valence-corrected chi connectivity index (χ4v) is 1.62. The number of anilines is 2. The number of benzene rings is 1.